The summed E-state index contributed by atoms with van der Waals surface area (Å²) >= 11 is -0.687. The smallest absolute Gasteiger partial charge is 0 e. The van der Waals surface area contributed by atoms with Gasteiger partial charge in [-0.3, -0.25) is 0 Å². The van der Waals surface area contributed by atoms with Crippen LogP contribution >= 0.6 is 29.1 Å². The number of hydrogen-bond acceptors (Lipinski definition) is 1. The molecule has 184 valence electrons. The Morgan fingerprint density at radius 1 is 1.15 bits per heavy atom. The van der Waals surface area contributed by atoms with Crippen LogP contribution in [-0.2, 0) is 12.8 Å². The fourth-order valence-corrected chi connectivity index (χ4v) is 11.4. The molecule has 33 heavy (non-hydrogen) atoms. The fraction of sp³-hybridized carbons (Fsp3) is 0.517. The van der Waals surface area contributed by atoms with Gasteiger partial charge < -0.3 is 0 Å². The molecule has 4 heteroatoms. The molecule has 0 amide bonds. The van der Waals surface area contributed by atoms with Gasteiger partial charge in [0.05, 0.1) is 0 Å². The Morgan fingerprint density at radius 2 is 1.88 bits per heavy atom. The summed E-state index contributed by atoms with van der Waals surface area (Å²) < 4.78 is 18.6. The number of hydrogen-bond donors (Lipinski definition) is 1. The van der Waals surface area contributed by atoms with E-state index < -0.39 is 25.2 Å². The predicted octanol–water partition coefficient (Wildman–Crippen LogP) is 8.15. The van der Waals surface area contributed by atoms with E-state index in [1.807, 2.05) is 19.9 Å². The van der Waals surface area contributed by atoms with Crippen LogP contribution in [0.15, 0.2) is 42.5 Å². The quantitative estimate of drug-likeness (QED) is 0.197. The maximum Gasteiger partial charge on any atom is 0 e. The zero-order chi connectivity index (χ0) is 24.0. The average molecular weight is 584 g/mol. The van der Waals surface area contributed by atoms with Crippen molar-refractivity contribution in [3.63, 3.8) is 0 Å². The van der Waals surface area contributed by atoms with E-state index in [0.717, 1.165) is 17.9 Å². The van der Waals surface area contributed by atoms with Gasteiger partial charge in [0.2, 0.25) is 0 Å². The van der Waals surface area contributed by atoms with Crippen LogP contribution < -0.4 is 5.32 Å². The largest absolute Gasteiger partial charge is 0 e. The molecule has 1 heterocycles. The molecule has 0 aromatic heterocycles. The maximum atomic E-state index is 14.1. The fourth-order valence-electron chi connectivity index (χ4n) is 4.98. The van der Waals surface area contributed by atoms with E-state index in [1.165, 1.54) is 60.5 Å². The predicted molar refractivity (Wildman–Crippen MR) is 160 cm³/mol. The van der Waals surface area contributed by atoms with Crippen LogP contribution in [-0.4, -0.2) is 32.3 Å². The van der Waals surface area contributed by atoms with Crippen molar-refractivity contribution < 1.29 is 5.82 Å². The number of nitrogens with one attached hydrogen (secondary N) is 1. The van der Waals surface area contributed by atoms with Crippen molar-refractivity contribution in [3.05, 3.63) is 70.3 Å². The summed E-state index contributed by atoms with van der Waals surface area (Å²) in [6, 6.07) is 15.8. The number of benzene rings is 2. The van der Waals surface area contributed by atoms with Gasteiger partial charge in [-0.25, -0.2) is 4.39 Å². The number of halogens is 2. The van der Waals surface area contributed by atoms with Crippen LogP contribution in [0, 0.1) is 0 Å². The van der Waals surface area contributed by atoms with Gasteiger partial charge in [-0.05, 0) is 6.92 Å². The molecular weight excluding hydrogens is 539 g/mol. The summed E-state index contributed by atoms with van der Waals surface area (Å²) in [6.07, 6.45) is 4.20. The van der Waals surface area contributed by atoms with Gasteiger partial charge in [0, 0.05) is 1.43 Å². The maximum absolute atomic E-state index is 14.1. The Hall–Kier alpha value is -0.770. The van der Waals surface area contributed by atoms with Gasteiger partial charge in [0.15, 0.2) is 0 Å². The molecule has 2 atom stereocenters. The van der Waals surface area contributed by atoms with E-state index in [9.17, 15) is 4.39 Å². The molecule has 0 saturated carbocycles. The van der Waals surface area contributed by atoms with E-state index in [0.29, 0.717) is 6.42 Å². The summed E-state index contributed by atoms with van der Waals surface area (Å²) in [6.45, 7) is 9.11. The third kappa shape index (κ3) is 7.12. The Morgan fingerprint density at radius 3 is 2.55 bits per heavy atom. The number of allylic oxidation sites excluding steroid dienone is 2. The molecule has 1 N–H and O–H groups in total. The molecule has 1 aliphatic carbocycles. The number of fused-ring (bicyclic) bond motifs is 1. The first-order chi connectivity index (χ1) is 15.8. The van der Waals surface area contributed by atoms with Gasteiger partial charge in [-0.2, -0.15) is 0 Å². The molecular formula is C29H44FINP. The third-order valence-electron chi connectivity index (χ3n) is 6.72. The summed E-state index contributed by atoms with van der Waals surface area (Å²) in [5.74, 6) is 0.748. The second-order valence-corrected chi connectivity index (χ2v) is 17.0. The van der Waals surface area contributed by atoms with E-state index >= 15 is 0 Å². The van der Waals surface area contributed by atoms with E-state index in [-0.39, 0.29) is 1.43 Å². The van der Waals surface area contributed by atoms with Gasteiger partial charge in [0.25, 0.3) is 0 Å². The standard InChI is InChI=1S/C27H36FINP.C2H6.H2/c1-19-25-16-22(21-9-11-29(12-10-21)13-14-30-3)7-8-24(25)17-26(19)23-6-4-5-20(15-23)18-27(2,28)31;1-2;/h4-8,15-16,21,30H,9-14,17-18,31H2,1-3H3;1-2H3;1H. The van der Waals surface area contributed by atoms with E-state index in [1.54, 1.807) is 12.5 Å². The summed E-state index contributed by atoms with van der Waals surface area (Å²) in [4.78, 5) is 0. The van der Waals surface area contributed by atoms with Crippen molar-refractivity contribution in [2.75, 3.05) is 26.9 Å². The SMILES string of the molecule is CC.CNCCI1CCC(c2ccc3c(c2)C(C)=C(c2cccc(CC(C)(F)P)c2)C3)CC1.[HH]. The molecule has 0 radical (unpaired) electrons. The van der Waals surface area contributed by atoms with Crippen LogP contribution in [0.4, 0.5) is 4.39 Å². The Balaban J connectivity index is 0.00000133. The van der Waals surface area contributed by atoms with Gasteiger partial charge in [-0.1, -0.05) is 23.1 Å². The van der Waals surface area contributed by atoms with Crippen LogP contribution in [0.2, 0.25) is 0 Å². The average Bonchev–Trinajstić information content (AvgIpc) is 3.14. The normalized spacial score (nSPS) is 19.1. The zero-order valence-corrected chi connectivity index (χ0v) is 24.4. The first-order valence-electron chi connectivity index (χ1n) is 12.5. The van der Waals surface area contributed by atoms with Gasteiger partial charge >= 0.3 is 172 Å². The number of rotatable bonds is 7. The first kappa shape index (κ1) is 26.8. The van der Waals surface area contributed by atoms with Crippen LogP contribution in [0.25, 0.3) is 11.1 Å². The second kappa shape index (κ2) is 12.3. The van der Waals surface area contributed by atoms with Gasteiger partial charge in [-0.15, -0.1) is 0 Å². The van der Waals surface area contributed by atoms with Crippen molar-refractivity contribution in [2.45, 2.75) is 64.7 Å². The minimum atomic E-state index is -1.26. The minimum absolute atomic E-state index is 0. The van der Waals surface area contributed by atoms with Crippen molar-refractivity contribution >= 4 is 40.2 Å². The summed E-state index contributed by atoms with van der Waals surface area (Å²) in [5.41, 5.74) is 9.56. The Labute approximate surface area is 212 Å². The molecule has 0 bridgehead atoms. The van der Waals surface area contributed by atoms with Crippen LogP contribution in [0.5, 0.6) is 0 Å². The van der Waals surface area contributed by atoms with E-state index in [4.69, 9.17) is 0 Å². The summed E-state index contributed by atoms with van der Waals surface area (Å²) in [5, 5.41) is 2.08. The minimum Gasteiger partial charge on any atom is 0 e. The van der Waals surface area contributed by atoms with Crippen molar-refractivity contribution in [2.24, 2.45) is 0 Å². The second-order valence-electron chi connectivity index (χ2n) is 9.36. The molecule has 1 fully saturated rings. The Bertz CT molecular complexity index is 961. The molecule has 1 nitrogen and oxygen atoms in total. The zero-order valence-electron chi connectivity index (χ0n) is 21.1. The number of alkyl halides is 4. The van der Waals surface area contributed by atoms with Crippen LogP contribution in [0.3, 0.4) is 0 Å². The third-order valence-corrected chi connectivity index (χ3v) is 13.3. The monoisotopic (exact) mass is 583 g/mol. The van der Waals surface area contributed by atoms with Crippen molar-refractivity contribution in [1.82, 2.24) is 5.32 Å². The molecule has 2 aliphatic rings. The topological polar surface area (TPSA) is 12.0 Å². The molecule has 1 saturated heterocycles. The molecule has 1 aliphatic heterocycles. The van der Waals surface area contributed by atoms with Crippen LogP contribution in [0.1, 0.15) is 75.7 Å². The summed E-state index contributed by atoms with van der Waals surface area (Å²) in [7, 11) is 4.40. The molecule has 2 unspecified atom stereocenters. The molecule has 0 spiro atoms. The van der Waals surface area contributed by atoms with Crippen molar-refractivity contribution in [3.8, 4) is 0 Å². The Kier molecular flexibility index (Phi) is 9.97. The van der Waals surface area contributed by atoms with Crippen molar-refractivity contribution in [1.29, 1.82) is 0 Å². The molecule has 4 rings (SSSR count). The molecule has 2 aromatic carbocycles. The first-order valence-corrected chi connectivity index (χ1v) is 17.6. The van der Waals surface area contributed by atoms with Gasteiger partial charge in [0.1, 0.15) is 5.41 Å². The molecule has 2 aromatic rings. The van der Waals surface area contributed by atoms with E-state index in [2.05, 4.69) is 64.9 Å².